The first-order valence-electron chi connectivity index (χ1n) is 9.12. The van der Waals surface area contributed by atoms with Crippen molar-refractivity contribution >= 4 is 35.0 Å². The number of benzene rings is 2. The smallest absolute Gasteiger partial charge is 0.253 e. The zero-order chi connectivity index (χ0) is 20.7. The van der Waals surface area contributed by atoms with Crippen molar-refractivity contribution in [3.05, 3.63) is 64.7 Å². The van der Waals surface area contributed by atoms with Crippen molar-refractivity contribution < 1.29 is 14.4 Å². The van der Waals surface area contributed by atoms with E-state index in [9.17, 15) is 14.4 Å². The standard InChI is InChI=1S/C21H24ClN3O3/c1-4-25(5-2)21(28)16-8-12-18(13-9-16)24-19(26)14(3)23-20(27)15-6-10-17(22)11-7-15/h6-14H,4-5H2,1-3H3,(H,23,27)(H,24,26). The fraction of sp³-hybridized carbons (Fsp3) is 0.286. The number of carbonyl (C=O) groups excluding carboxylic acids is 3. The van der Waals surface area contributed by atoms with Crippen LogP contribution in [0.2, 0.25) is 5.02 Å². The molecule has 0 saturated heterocycles. The highest BCUT2D eigenvalue weighted by Gasteiger charge is 2.17. The zero-order valence-corrected chi connectivity index (χ0v) is 16.9. The minimum absolute atomic E-state index is 0.0496. The van der Waals surface area contributed by atoms with Crippen molar-refractivity contribution in [1.29, 1.82) is 0 Å². The third kappa shape index (κ3) is 5.57. The van der Waals surface area contributed by atoms with Gasteiger partial charge in [0, 0.05) is 34.9 Å². The summed E-state index contributed by atoms with van der Waals surface area (Å²) in [6.45, 7) is 6.73. The fourth-order valence-electron chi connectivity index (χ4n) is 2.59. The van der Waals surface area contributed by atoms with E-state index in [1.165, 1.54) is 0 Å². The predicted molar refractivity (Wildman–Crippen MR) is 111 cm³/mol. The third-order valence-electron chi connectivity index (χ3n) is 4.30. The summed E-state index contributed by atoms with van der Waals surface area (Å²) in [4.78, 5) is 38.6. The number of hydrogen-bond acceptors (Lipinski definition) is 3. The second-order valence-electron chi connectivity index (χ2n) is 6.25. The number of hydrogen-bond donors (Lipinski definition) is 2. The highest BCUT2D eigenvalue weighted by Crippen LogP contribution is 2.13. The molecule has 0 bridgehead atoms. The van der Waals surface area contributed by atoms with Crippen molar-refractivity contribution in [1.82, 2.24) is 10.2 Å². The van der Waals surface area contributed by atoms with Crippen molar-refractivity contribution in [2.45, 2.75) is 26.8 Å². The molecule has 0 spiro atoms. The van der Waals surface area contributed by atoms with Gasteiger partial charge < -0.3 is 15.5 Å². The summed E-state index contributed by atoms with van der Waals surface area (Å²) >= 11 is 5.81. The monoisotopic (exact) mass is 401 g/mol. The molecule has 2 aromatic rings. The molecule has 2 aromatic carbocycles. The van der Waals surface area contributed by atoms with Crippen LogP contribution in [0.3, 0.4) is 0 Å². The van der Waals surface area contributed by atoms with E-state index >= 15 is 0 Å². The molecule has 0 radical (unpaired) electrons. The van der Waals surface area contributed by atoms with E-state index in [0.29, 0.717) is 34.9 Å². The molecule has 0 aromatic heterocycles. The van der Waals surface area contributed by atoms with E-state index in [1.54, 1.807) is 60.4 Å². The van der Waals surface area contributed by atoms with Gasteiger partial charge in [0.15, 0.2) is 0 Å². The van der Waals surface area contributed by atoms with Gasteiger partial charge in [0.25, 0.3) is 11.8 Å². The molecule has 0 heterocycles. The van der Waals surface area contributed by atoms with Gasteiger partial charge in [0.1, 0.15) is 6.04 Å². The van der Waals surface area contributed by atoms with E-state index < -0.39 is 6.04 Å². The van der Waals surface area contributed by atoms with Crippen LogP contribution in [0.25, 0.3) is 0 Å². The van der Waals surface area contributed by atoms with Crippen LogP contribution in [0, 0.1) is 0 Å². The maximum atomic E-state index is 12.3. The molecule has 2 rings (SSSR count). The van der Waals surface area contributed by atoms with Crippen LogP contribution in [0.4, 0.5) is 5.69 Å². The summed E-state index contributed by atoms with van der Waals surface area (Å²) in [7, 11) is 0. The van der Waals surface area contributed by atoms with E-state index in [-0.39, 0.29) is 17.7 Å². The van der Waals surface area contributed by atoms with Gasteiger partial charge in [-0.1, -0.05) is 11.6 Å². The number of amides is 3. The van der Waals surface area contributed by atoms with Crippen LogP contribution in [0.15, 0.2) is 48.5 Å². The van der Waals surface area contributed by atoms with Gasteiger partial charge in [0.2, 0.25) is 5.91 Å². The number of rotatable bonds is 7. The summed E-state index contributed by atoms with van der Waals surface area (Å²) in [5, 5.41) is 5.90. The maximum Gasteiger partial charge on any atom is 0.253 e. The fourth-order valence-corrected chi connectivity index (χ4v) is 2.71. The number of anilines is 1. The first-order chi connectivity index (χ1) is 13.3. The number of halogens is 1. The van der Waals surface area contributed by atoms with Gasteiger partial charge >= 0.3 is 0 Å². The lowest BCUT2D eigenvalue weighted by atomic mass is 10.1. The molecule has 2 N–H and O–H groups in total. The van der Waals surface area contributed by atoms with E-state index in [0.717, 1.165) is 0 Å². The molecule has 1 unspecified atom stereocenters. The number of carbonyl (C=O) groups is 3. The van der Waals surface area contributed by atoms with Crippen molar-refractivity contribution in [3.8, 4) is 0 Å². The van der Waals surface area contributed by atoms with Gasteiger partial charge in [-0.2, -0.15) is 0 Å². The highest BCUT2D eigenvalue weighted by molar-refractivity contribution is 6.30. The normalized spacial score (nSPS) is 11.4. The van der Waals surface area contributed by atoms with Crippen LogP contribution in [-0.4, -0.2) is 41.8 Å². The van der Waals surface area contributed by atoms with Crippen LogP contribution >= 0.6 is 11.6 Å². The molecule has 0 saturated carbocycles. The Bertz CT molecular complexity index is 831. The Morgan fingerprint density at radius 3 is 2.00 bits per heavy atom. The number of nitrogens with zero attached hydrogens (tertiary/aromatic N) is 1. The highest BCUT2D eigenvalue weighted by atomic mass is 35.5. The van der Waals surface area contributed by atoms with Crippen molar-refractivity contribution in [2.24, 2.45) is 0 Å². The first-order valence-corrected chi connectivity index (χ1v) is 9.50. The first kappa shape index (κ1) is 21.4. The van der Waals surface area contributed by atoms with Crippen LogP contribution in [0.5, 0.6) is 0 Å². The van der Waals surface area contributed by atoms with Crippen LogP contribution in [-0.2, 0) is 4.79 Å². The topological polar surface area (TPSA) is 78.5 Å². The molecule has 0 aliphatic carbocycles. The van der Waals surface area contributed by atoms with Crippen LogP contribution in [0.1, 0.15) is 41.5 Å². The van der Waals surface area contributed by atoms with Gasteiger partial charge in [-0.25, -0.2) is 0 Å². The summed E-state index contributed by atoms with van der Waals surface area (Å²) in [5.41, 5.74) is 1.53. The molecular formula is C21H24ClN3O3. The molecule has 0 aliphatic rings. The summed E-state index contributed by atoms with van der Waals surface area (Å²) in [5.74, 6) is -0.768. The SMILES string of the molecule is CCN(CC)C(=O)c1ccc(NC(=O)C(C)NC(=O)c2ccc(Cl)cc2)cc1. The second-order valence-corrected chi connectivity index (χ2v) is 6.68. The Morgan fingerprint density at radius 1 is 0.929 bits per heavy atom. The molecule has 148 valence electrons. The average molecular weight is 402 g/mol. The minimum atomic E-state index is -0.736. The maximum absolute atomic E-state index is 12.3. The molecule has 1 atom stereocenters. The lowest BCUT2D eigenvalue weighted by molar-refractivity contribution is -0.117. The Balaban J connectivity index is 1.95. The quantitative estimate of drug-likeness (QED) is 0.744. The Morgan fingerprint density at radius 2 is 1.46 bits per heavy atom. The molecule has 7 heteroatoms. The van der Waals surface area contributed by atoms with Gasteiger partial charge in [-0.05, 0) is 69.3 Å². The van der Waals surface area contributed by atoms with E-state index in [4.69, 9.17) is 11.6 Å². The largest absolute Gasteiger partial charge is 0.341 e. The lowest BCUT2D eigenvalue weighted by Crippen LogP contribution is -2.41. The molecule has 3 amide bonds. The van der Waals surface area contributed by atoms with Gasteiger partial charge in [-0.3, -0.25) is 14.4 Å². The average Bonchev–Trinajstić information content (AvgIpc) is 2.69. The second kappa shape index (κ2) is 9.90. The zero-order valence-electron chi connectivity index (χ0n) is 16.2. The summed E-state index contributed by atoms with van der Waals surface area (Å²) < 4.78 is 0. The molecule has 6 nitrogen and oxygen atoms in total. The third-order valence-corrected chi connectivity index (χ3v) is 4.55. The minimum Gasteiger partial charge on any atom is -0.341 e. The van der Waals surface area contributed by atoms with Crippen molar-refractivity contribution in [2.75, 3.05) is 18.4 Å². The Hall–Kier alpha value is -2.86. The van der Waals surface area contributed by atoms with Crippen molar-refractivity contribution in [3.63, 3.8) is 0 Å². The molecule has 28 heavy (non-hydrogen) atoms. The van der Waals surface area contributed by atoms with E-state index in [2.05, 4.69) is 10.6 Å². The van der Waals surface area contributed by atoms with E-state index in [1.807, 2.05) is 13.8 Å². The molecular weight excluding hydrogens is 378 g/mol. The predicted octanol–water partition coefficient (Wildman–Crippen LogP) is 3.58. The Kier molecular flexibility index (Phi) is 7.58. The van der Waals surface area contributed by atoms with Gasteiger partial charge in [-0.15, -0.1) is 0 Å². The summed E-state index contributed by atoms with van der Waals surface area (Å²) in [6, 6.07) is 12.4. The van der Waals surface area contributed by atoms with Crippen LogP contribution < -0.4 is 10.6 Å². The molecule has 0 fully saturated rings. The molecule has 0 aliphatic heterocycles. The number of nitrogens with one attached hydrogen (secondary N) is 2. The Labute approximate surface area is 169 Å². The van der Waals surface area contributed by atoms with Gasteiger partial charge in [0.05, 0.1) is 0 Å². The lowest BCUT2D eigenvalue weighted by Gasteiger charge is -2.19. The summed E-state index contributed by atoms with van der Waals surface area (Å²) in [6.07, 6.45) is 0.